The molecule has 0 heterocycles. The molecular weight excluding hydrogens is 274 g/mol. The van der Waals surface area contributed by atoms with Crippen LogP contribution in [-0.2, 0) is 6.61 Å². The van der Waals surface area contributed by atoms with Crippen LogP contribution in [0.2, 0.25) is 5.02 Å². The third-order valence-corrected chi connectivity index (χ3v) is 2.95. The topological polar surface area (TPSA) is 26.3 Å². The quantitative estimate of drug-likeness (QED) is 0.792. The van der Waals surface area contributed by atoms with Crippen molar-refractivity contribution in [2.45, 2.75) is 6.61 Å². The highest BCUT2D eigenvalue weighted by atomic mass is 35.5. The Labute approximate surface area is 113 Å². The number of carbonyl (C=O) groups excluding carboxylic acids is 1. The zero-order valence-corrected chi connectivity index (χ0v) is 10.5. The van der Waals surface area contributed by atoms with Crippen LogP contribution in [0.15, 0.2) is 36.4 Å². The second-order valence-corrected chi connectivity index (χ2v) is 4.16. The summed E-state index contributed by atoms with van der Waals surface area (Å²) in [5.41, 5.74) is 0.467. The lowest BCUT2D eigenvalue weighted by atomic mass is 10.2. The Morgan fingerprint density at radius 2 is 1.79 bits per heavy atom. The maximum Gasteiger partial charge on any atom is 0.165 e. The molecule has 2 aromatic carbocycles. The first kappa shape index (κ1) is 13.5. The maximum atomic E-state index is 13.5. The molecule has 19 heavy (non-hydrogen) atoms. The van der Waals surface area contributed by atoms with Gasteiger partial charge in [0.2, 0.25) is 0 Å². The number of carbonyl (C=O) groups is 1. The molecule has 0 aliphatic heterocycles. The minimum absolute atomic E-state index is 0.0773. The first-order chi connectivity index (χ1) is 9.13. The largest absolute Gasteiger partial charge is 0.485 e. The zero-order valence-electron chi connectivity index (χ0n) is 9.70. The highest BCUT2D eigenvalue weighted by Crippen LogP contribution is 2.25. The molecule has 98 valence electrons. The standard InChI is InChI=1S/C14H9ClF2O2/c15-13-10(4-2-5-11(13)16)8-19-14-9(7-18)3-1-6-12(14)17/h1-7H,8H2. The first-order valence-corrected chi connectivity index (χ1v) is 5.80. The van der Waals surface area contributed by atoms with Crippen molar-refractivity contribution in [1.29, 1.82) is 0 Å². The smallest absolute Gasteiger partial charge is 0.165 e. The van der Waals surface area contributed by atoms with E-state index in [0.29, 0.717) is 11.8 Å². The van der Waals surface area contributed by atoms with Gasteiger partial charge >= 0.3 is 0 Å². The summed E-state index contributed by atoms with van der Waals surface area (Å²) in [6.07, 6.45) is 0.492. The summed E-state index contributed by atoms with van der Waals surface area (Å²) in [6.45, 7) is -0.127. The molecule has 5 heteroatoms. The molecular formula is C14H9ClF2O2. The van der Waals surface area contributed by atoms with E-state index in [0.717, 1.165) is 0 Å². The van der Waals surface area contributed by atoms with Crippen LogP contribution >= 0.6 is 11.6 Å². The SMILES string of the molecule is O=Cc1cccc(F)c1OCc1cccc(F)c1Cl. The summed E-state index contributed by atoms with van der Waals surface area (Å²) < 4.78 is 32.0. The number of aldehydes is 1. The van der Waals surface area contributed by atoms with Crippen molar-refractivity contribution in [2.24, 2.45) is 0 Å². The lowest BCUT2D eigenvalue weighted by Crippen LogP contribution is -2.01. The van der Waals surface area contributed by atoms with Gasteiger partial charge in [-0.3, -0.25) is 4.79 Å². The molecule has 2 aromatic rings. The minimum Gasteiger partial charge on any atom is -0.485 e. The van der Waals surface area contributed by atoms with E-state index in [2.05, 4.69) is 0 Å². The van der Waals surface area contributed by atoms with E-state index in [1.807, 2.05) is 0 Å². The Hall–Kier alpha value is -1.94. The number of halogens is 3. The van der Waals surface area contributed by atoms with Crippen LogP contribution in [0.3, 0.4) is 0 Å². The van der Waals surface area contributed by atoms with Crippen molar-refractivity contribution in [3.05, 3.63) is 64.2 Å². The predicted octanol–water partition coefficient (Wildman–Crippen LogP) is 4.01. The lowest BCUT2D eigenvalue weighted by Gasteiger charge is -2.10. The molecule has 0 N–H and O–H groups in total. The highest BCUT2D eigenvalue weighted by molar-refractivity contribution is 6.31. The first-order valence-electron chi connectivity index (χ1n) is 5.43. The molecule has 0 amide bonds. The number of para-hydroxylation sites is 1. The zero-order chi connectivity index (χ0) is 13.8. The van der Waals surface area contributed by atoms with Crippen molar-refractivity contribution in [2.75, 3.05) is 0 Å². The van der Waals surface area contributed by atoms with Gasteiger partial charge in [0, 0.05) is 5.56 Å². The summed E-state index contributed by atoms with van der Waals surface area (Å²) >= 11 is 5.75. The molecule has 0 unspecified atom stereocenters. The summed E-state index contributed by atoms with van der Waals surface area (Å²) in [6, 6.07) is 8.26. The fraction of sp³-hybridized carbons (Fsp3) is 0.0714. The van der Waals surface area contributed by atoms with E-state index >= 15 is 0 Å². The van der Waals surface area contributed by atoms with Crippen molar-refractivity contribution in [3.63, 3.8) is 0 Å². The fourth-order valence-electron chi connectivity index (χ4n) is 1.58. The molecule has 2 nitrogen and oxygen atoms in total. The number of hydrogen-bond donors (Lipinski definition) is 0. The lowest BCUT2D eigenvalue weighted by molar-refractivity contribution is 0.111. The molecule has 0 atom stereocenters. The molecule has 0 saturated carbocycles. The molecule has 0 bridgehead atoms. The molecule has 0 aliphatic carbocycles. The normalized spacial score (nSPS) is 10.3. The minimum atomic E-state index is -0.655. The summed E-state index contributed by atoms with van der Waals surface area (Å²) in [5, 5.41) is -0.0773. The van der Waals surface area contributed by atoms with E-state index in [4.69, 9.17) is 16.3 Å². The Kier molecular flexibility index (Phi) is 4.12. The van der Waals surface area contributed by atoms with Gasteiger partial charge in [-0.15, -0.1) is 0 Å². The van der Waals surface area contributed by atoms with Crippen LogP contribution < -0.4 is 4.74 Å². The second-order valence-electron chi connectivity index (χ2n) is 3.78. The van der Waals surface area contributed by atoms with Gasteiger partial charge in [-0.05, 0) is 18.2 Å². The van der Waals surface area contributed by atoms with E-state index in [-0.39, 0.29) is 22.9 Å². The van der Waals surface area contributed by atoms with Crippen molar-refractivity contribution < 1.29 is 18.3 Å². The molecule has 0 aliphatic rings. The number of hydrogen-bond acceptors (Lipinski definition) is 2. The Morgan fingerprint density at radius 1 is 1.11 bits per heavy atom. The van der Waals surface area contributed by atoms with Crippen LogP contribution in [0.5, 0.6) is 5.75 Å². The van der Waals surface area contributed by atoms with Gasteiger partial charge in [-0.2, -0.15) is 0 Å². The summed E-state index contributed by atoms with van der Waals surface area (Å²) in [7, 11) is 0. The molecule has 2 rings (SSSR count). The molecule has 0 saturated heterocycles. The van der Waals surface area contributed by atoms with Crippen LogP contribution in [0.1, 0.15) is 15.9 Å². The second kappa shape index (κ2) is 5.80. The van der Waals surface area contributed by atoms with Crippen molar-refractivity contribution >= 4 is 17.9 Å². The van der Waals surface area contributed by atoms with Crippen molar-refractivity contribution in [3.8, 4) is 5.75 Å². The van der Waals surface area contributed by atoms with Gasteiger partial charge in [0.15, 0.2) is 17.9 Å². The Morgan fingerprint density at radius 3 is 2.53 bits per heavy atom. The average Bonchev–Trinajstić information content (AvgIpc) is 2.41. The van der Waals surface area contributed by atoms with E-state index < -0.39 is 11.6 Å². The van der Waals surface area contributed by atoms with Gasteiger partial charge < -0.3 is 4.74 Å². The van der Waals surface area contributed by atoms with Gasteiger partial charge in [0.25, 0.3) is 0 Å². The Bertz CT molecular complexity index is 614. The van der Waals surface area contributed by atoms with Gasteiger partial charge in [-0.25, -0.2) is 8.78 Å². The van der Waals surface area contributed by atoms with Gasteiger partial charge in [-0.1, -0.05) is 29.8 Å². The third-order valence-electron chi connectivity index (χ3n) is 2.53. The number of ether oxygens (including phenoxy) is 1. The molecule has 0 fully saturated rings. The predicted molar refractivity (Wildman–Crippen MR) is 67.5 cm³/mol. The van der Waals surface area contributed by atoms with E-state index in [1.54, 1.807) is 6.07 Å². The van der Waals surface area contributed by atoms with Crippen molar-refractivity contribution in [1.82, 2.24) is 0 Å². The number of rotatable bonds is 4. The summed E-state index contributed by atoms with van der Waals surface area (Å²) in [4.78, 5) is 10.8. The maximum absolute atomic E-state index is 13.5. The van der Waals surface area contributed by atoms with Crippen LogP contribution in [0, 0.1) is 11.6 Å². The number of benzene rings is 2. The fourth-order valence-corrected chi connectivity index (χ4v) is 1.76. The van der Waals surface area contributed by atoms with Crippen LogP contribution in [0.25, 0.3) is 0 Å². The monoisotopic (exact) mass is 282 g/mol. The Balaban J connectivity index is 2.24. The van der Waals surface area contributed by atoms with Gasteiger partial charge in [0.1, 0.15) is 12.4 Å². The molecule has 0 spiro atoms. The highest BCUT2D eigenvalue weighted by Gasteiger charge is 2.11. The van der Waals surface area contributed by atoms with E-state index in [1.165, 1.54) is 30.3 Å². The summed E-state index contributed by atoms with van der Waals surface area (Å²) in [5.74, 6) is -1.40. The molecule has 0 radical (unpaired) electrons. The third kappa shape index (κ3) is 2.90. The van der Waals surface area contributed by atoms with Crippen LogP contribution in [0.4, 0.5) is 8.78 Å². The average molecular weight is 283 g/mol. The van der Waals surface area contributed by atoms with Gasteiger partial charge in [0.05, 0.1) is 10.6 Å². The molecule has 0 aromatic heterocycles. The van der Waals surface area contributed by atoms with Crippen LogP contribution in [-0.4, -0.2) is 6.29 Å². The van der Waals surface area contributed by atoms with E-state index in [9.17, 15) is 13.6 Å².